The molecule has 0 saturated heterocycles. The first-order valence-electron chi connectivity index (χ1n) is 11.2. The molecule has 3 N–H and O–H groups in total. The highest BCUT2D eigenvalue weighted by molar-refractivity contribution is 7.89. The summed E-state index contributed by atoms with van der Waals surface area (Å²) < 4.78 is 34.3. The number of anilines is 1. The van der Waals surface area contributed by atoms with Crippen LogP contribution in [-0.4, -0.2) is 37.5 Å². The Bertz CT molecular complexity index is 1390. The molecular weight excluding hydrogens is 514 g/mol. The van der Waals surface area contributed by atoms with E-state index in [9.17, 15) is 23.3 Å². The van der Waals surface area contributed by atoms with Gasteiger partial charge in [0.05, 0.1) is 22.6 Å². The number of rotatable bonds is 9. The second kappa shape index (κ2) is 12.0. The van der Waals surface area contributed by atoms with E-state index in [2.05, 4.69) is 26.4 Å². The van der Waals surface area contributed by atoms with Gasteiger partial charge in [0, 0.05) is 17.3 Å². The summed E-state index contributed by atoms with van der Waals surface area (Å²) in [6.45, 7) is 4.76. The van der Waals surface area contributed by atoms with Gasteiger partial charge in [-0.1, -0.05) is 18.2 Å². The van der Waals surface area contributed by atoms with Crippen LogP contribution < -0.4 is 15.4 Å². The number of thiazole rings is 1. The van der Waals surface area contributed by atoms with Crippen molar-refractivity contribution in [3.05, 3.63) is 76.2 Å². The number of amides is 2. The van der Waals surface area contributed by atoms with Gasteiger partial charge < -0.3 is 15.4 Å². The SMILES string of the molecule is CC(C)(C)OC(=O)NCC(=O)Nc1cccc(S(=O)(=O)NC(Cc2cccc(C#N)c2)c2nccs2)c1. The third-order valence-corrected chi connectivity index (χ3v) is 7.12. The molecule has 1 unspecified atom stereocenters. The molecule has 1 heterocycles. The van der Waals surface area contributed by atoms with Crippen molar-refractivity contribution >= 4 is 39.0 Å². The fourth-order valence-corrected chi connectivity index (χ4v) is 5.27. The van der Waals surface area contributed by atoms with Crippen LogP contribution in [0.3, 0.4) is 0 Å². The van der Waals surface area contributed by atoms with E-state index in [1.165, 1.54) is 35.6 Å². The standard InChI is InChI=1S/C25H27N5O5S2/c1-25(2,3)35-24(32)28-16-22(31)29-19-8-5-9-20(14-19)37(33,34)30-21(23-27-10-11-36-23)13-17-6-4-7-18(12-17)15-26/h4-12,14,21,30H,13,16H2,1-3H3,(H,28,32)(H,29,31). The van der Waals surface area contributed by atoms with Crippen LogP contribution in [0.1, 0.15) is 42.9 Å². The molecular formula is C25H27N5O5S2. The molecule has 0 aliphatic rings. The number of nitriles is 1. The predicted molar refractivity (Wildman–Crippen MR) is 139 cm³/mol. The van der Waals surface area contributed by atoms with E-state index in [1.807, 2.05) is 6.07 Å². The minimum absolute atomic E-state index is 0.0577. The maximum Gasteiger partial charge on any atom is 0.408 e. The van der Waals surface area contributed by atoms with Gasteiger partial charge in [-0.3, -0.25) is 4.79 Å². The Hall–Kier alpha value is -3.79. The van der Waals surface area contributed by atoms with Crippen molar-refractivity contribution in [2.75, 3.05) is 11.9 Å². The molecule has 3 rings (SSSR count). The Kier molecular flexibility index (Phi) is 8.99. The van der Waals surface area contributed by atoms with Crippen LogP contribution in [-0.2, 0) is 26.0 Å². The number of alkyl carbamates (subject to hydrolysis) is 1. The van der Waals surface area contributed by atoms with E-state index in [0.717, 1.165) is 5.56 Å². The van der Waals surface area contributed by atoms with E-state index in [1.54, 1.807) is 50.5 Å². The number of nitrogens with zero attached hydrogens (tertiary/aromatic N) is 2. The molecule has 10 nitrogen and oxygen atoms in total. The monoisotopic (exact) mass is 541 g/mol. The number of aromatic nitrogens is 1. The maximum atomic E-state index is 13.3. The summed E-state index contributed by atoms with van der Waals surface area (Å²) in [5.74, 6) is -0.550. The fourth-order valence-electron chi connectivity index (χ4n) is 3.26. The van der Waals surface area contributed by atoms with Crippen LogP contribution >= 0.6 is 11.3 Å². The Morgan fingerprint density at radius 2 is 1.92 bits per heavy atom. The first-order valence-corrected chi connectivity index (χ1v) is 13.6. The predicted octanol–water partition coefficient (Wildman–Crippen LogP) is 3.74. The Balaban J connectivity index is 1.71. The summed E-state index contributed by atoms with van der Waals surface area (Å²) >= 11 is 1.31. The molecule has 0 aliphatic heterocycles. The summed E-state index contributed by atoms with van der Waals surface area (Å²) in [4.78, 5) is 28.2. The number of carbonyl (C=O) groups excluding carboxylic acids is 2. The smallest absolute Gasteiger partial charge is 0.408 e. The highest BCUT2D eigenvalue weighted by Gasteiger charge is 2.24. The van der Waals surface area contributed by atoms with Crippen LogP contribution in [0.5, 0.6) is 0 Å². The Morgan fingerprint density at radius 3 is 2.59 bits per heavy atom. The minimum atomic E-state index is -4.02. The average Bonchev–Trinajstić information content (AvgIpc) is 3.37. The van der Waals surface area contributed by atoms with Crippen molar-refractivity contribution in [2.45, 2.75) is 43.7 Å². The molecule has 0 saturated carbocycles. The molecule has 0 fully saturated rings. The zero-order valence-corrected chi connectivity index (χ0v) is 22.2. The fraction of sp³-hybridized carbons (Fsp3) is 0.280. The lowest BCUT2D eigenvalue weighted by atomic mass is 10.0. The Labute approximate surface area is 219 Å². The molecule has 0 aliphatic carbocycles. The molecule has 3 aromatic rings. The summed E-state index contributed by atoms with van der Waals surface area (Å²) in [6, 6.07) is 14.1. The van der Waals surface area contributed by atoms with Gasteiger partial charge in [0.25, 0.3) is 0 Å². The zero-order valence-electron chi connectivity index (χ0n) is 20.5. The molecule has 37 heavy (non-hydrogen) atoms. The van der Waals surface area contributed by atoms with Gasteiger partial charge in [0.15, 0.2) is 0 Å². The Morgan fingerprint density at radius 1 is 1.16 bits per heavy atom. The molecule has 0 radical (unpaired) electrons. The number of hydrogen-bond donors (Lipinski definition) is 3. The van der Waals surface area contributed by atoms with Crippen molar-refractivity contribution in [1.82, 2.24) is 15.0 Å². The molecule has 12 heteroatoms. The van der Waals surface area contributed by atoms with Gasteiger partial charge in [-0.2, -0.15) is 5.26 Å². The molecule has 2 aromatic carbocycles. The molecule has 194 valence electrons. The average molecular weight is 542 g/mol. The summed E-state index contributed by atoms with van der Waals surface area (Å²) in [6.07, 6.45) is 1.14. The van der Waals surface area contributed by atoms with Crippen LogP contribution in [0.4, 0.5) is 10.5 Å². The second-order valence-electron chi connectivity index (χ2n) is 8.99. The van der Waals surface area contributed by atoms with E-state index >= 15 is 0 Å². The van der Waals surface area contributed by atoms with Crippen molar-refractivity contribution in [3.63, 3.8) is 0 Å². The lowest BCUT2D eigenvalue weighted by molar-refractivity contribution is -0.115. The van der Waals surface area contributed by atoms with Gasteiger partial charge >= 0.3 is 6.09 Å². The molecule has 0 bridgehead atoms. The third kappa shape index (κ3) is 8.68. The third-order valence-electron chi connectivity index (χ3n) is 4.76. The summed E-state index contributed by atoms with van der Waals surface area (Å²) in [5.41, 5.74) is 0.792. The largest absolute Gasteiger partial charge is 0.444 e. The molecule has 1 atom stereocenters. The number of ether oxygens (including phenoxy) is 1. The molecule has 2 amide bonds. The van der Waals surface area contributed by atoms with Crippen LogP contribution in [0, 0.1) is 11.3 Å². The highest BCUT2D eigenvalue weighted by atomic mass is 32.2. The lowest BCUT2D eigenvalue weighted by Gasteiger charge is -2.19. The quantitative estimate of drug-likeness (QED) is 0.373. The van der Waals surface area contributed by atoms with Gasteiger partial charge in [-0.25, -0.2) is 22.9 Å². The number of nitrogens with one attached hydrogen (secondary N) is 3. The van der Waals surface area contributed by atoms with E-state index in [-0.39, 0.29) is 23.5 Å². The summed E-state index contributed by atoms with van der Waals surface area (Å²) in [7, 11) is -4.02. The van der Waals surface area contributed by atoms with Crippen LogP contribution in [0.15, 0.2) is 65.0 Å². The number of benzene rings is 2. The maximum absolute atomic E-state index is 13.3. The zero-order chi connectivity index (χ0) is 27.1. The van der Waals surface area contributed by atoms with E-state index in [0.29, 0.717) is 10.6 Å². The van der Waals surface area contributed by atoms with Crippen molar-refractivity contribution in [2.24, 2.45) is 0 Å². The van der Waals surface area contributed by atoms with E-state index < -0.39 is 33.7 Å². The van der Waals surface area contributed by atoms with Gasteiger partial charge in [-0.05, 0) is 63.1 Å². The first-order chi connectivity index (χ1) is 17.4. The van der Waals surface area contributed by atoms with Crippen molar-refractivity contribution < 1.29 is 22.7 Å². The minimum Gasteiger partial charge on any atom is -0.444 e. The topological polar surface area (TPSA) is 150 Å². The highest BCUT2D eigenvalue weighted by Crippen LogP contribution is 2.25. The van der Waals surface area contributed by atoms with Crippen LogP contribution in [0.2, 0.25) is 0 Å². The normalized spacial score (nSPS) is 12.3. The molecule has 1 aromatic heterocycles. The van der Waals surface area contributed by atoms with Gasteiger partial charge in [-0.15, -0.1) is 11.3 Å². The van der Waals surface area contributed by atoms with Gasteiger partial charge in [0.2, 0.25) is 15.9 Å². The number of hydrogen-bond acceptors (Lipinski definition) is 8. The van der Waals surface area contributed by atoms with Gasteiger partial charge in [0.1, 0.15) is 17.2 Å². The lowest BCUT2D eigenvalue weighted by Crippen LogP contribution is -2.37. The van der Waals surface area contributed by atoms with Crippen LogP contribution in [0.25, 0.3) is 0 Å². The number of carbonyl (C=O) groups is 2. The second-order valence-corrected chi connectivity index (χ2v) is 11.6. The number of sulfonamides is 1. The molecule has 0 spiro atoms. The van der Waals surface area contributed by atoms with E-state index in [4.69, 9.17) is 4.74 Å². The van der Waals surface area contributed by atoms with Crippen molar-refractivity contribution in [1.29, 1.82) is 5.26 Å². The van der Waals surface area contributed by atoms with Crippen molar-refractivity contribution in [3.8, 4) is 6.07 Å². The summed E-state index contributed by atoms with van der Waals surface area (Å²) in [5, 5.41) is 16.4. The first kappa shape index (κ1) is 27.8.